The van der Waals surface area contributed by atoms with Gasteiger partial charge in [0.15, 0.2) is 0 Å². The molecule has 0 saturated heterocycles. The number of ether oxygens (including phenoxy) is 1. The Balaban J connectivity index is 1.73. The lowest BCUT2D eigenvalue weighted by Gasteiger charge is -2.17. The van der Waals surface area contributed by atoms with Crippen LogP contribution in [0.25, 0.3) is 11.0 Å². The van der Waals surface area contributed by atoms with Gasteiger partial charge in [0, 0.05) is 23.2 Å². The maximum absolute atomic E-state index is 12.6. The van der Waals surface area contributed by atoms with Crippen LogP contribution in [-0.2, 0) is 4.74 Å². The summed E-state index contributed by atoms with van der Waals surface area (Å²) in [6, 6.07) is 10.5. The van der Waals surface area contributed by atoms with E-state index >= 15 is 0 Å². The monoisotopic (exact) mass is 378 g/mol. The lowest BCUT2D eigenvalue weighted by molar-refractivity contribution is 0.0601. The smallest absolute Gasteiger partial charge is 0.337 e. The van der Waals surface area contributed by atoms with E-state index < -0.39 is 0 Å². The summed E-state index contributed by atoms with van der Waals surface area (Å²) in [5.74, 6) is 0.0399. The molecule has 1 fully saturated rings. The normalized spacial score (nSPS) is 14.4. The van der Waals surface area contributed by atoms with Gasteiger partial charge in [-0.1, -0.05) is 12.8 Å². The van der Waals surface area contributed by atoms with E-state index in [0.717, 1.165) is 42.5 Å². The molecule has 144 valence electrons. The molecular formula is C21H22N4O3. The molecule has 2 aromatic heterocycles. The summed E-state index contributed by atoms with van der Waals surface area (Å²) in [6.45, 7) is 1.92. The number of methoxy groups -OCH3 is 1. The fourth-order valence-corrected chi connectivity index (χ4v) is 3.79. The number of nitrogens with zero attached hydrogens (tertiary/aromatic N) is 3. The van der Waals surface area contributed by atoms with E-state index in [1.165, 1.54) is 7.11 Å². The number of hydrogen-bond donors (Lipinski definition) is 1. The number of carbonyl (C=O) groups excluding carboxylic acids is 1. The van der Waals surface area contributed by atoms with Crippen molar-refractivity contribution >= 4 is 28.6 Å². The third kappa shape index (κ3) is 3.35. The second-order valence-corrected chi connectivity index (χ2v) is 7.04. The predicted molar refractivity (Wildman–Crippen MR) is 107 cm³/mol. The lowest BCUT2D eigenvalue weighted by Crippen LogP contribution is -2.24. The van der Waals surface area contributed by atoms with Crippen molar-refractivity contribution in [2.45, 2.75) is 38.6 Å². The van der Waals surface area contributed by atoms with Gasteiger partial charge in [-0.05, 0) is 50.1 Å². The molecule has 0 amide bonds. The van der Waals surface area contributed by atoms with Crippen LogP contribution < -0.4 is 10.9 Å². The van der Waals surface area contributed by atoms with Crippen molar-refractivity contribution in [2.75, 3.05) is 12.4 Å². The number of hydrogen-bond acceptors (Lipinski definition) is 6. The van der Waals surface area contributed by atoms with Gasteiger partial charge in [-0.25, -0.2) is 9.78 Å². The first-order valence-electron chi connectivity index (χ1n) is 9.42. The van der Waals surface area contributed by atoms with Crippen LogP contribution in [0.1, 0.15) is 47.8 Å². The topological polar surface area (TPSA) is 86.1 Å². The van der Waals surface area contributed by atoms with Gasteiger partial charge in [0.25, 0.3) is 5.56 Å². The number of aromatic nitrogens is 3. The van der Waals surface area contributed by atoms with Gasteiger partial charge in [0.05, 0.1) is 18.4 Å². The Labute approximate surface area is 162 Å². The van der Waals surface area contributed by atoms with Crippen LogP contribution >= 0.6 is 0 Å². The Hall–Kier alpha value is -3.22. The van der Waals surface area contributed by atoms with Gasteiger partial charge >= 0.3 is 5.97 Å². The highest BCUT2D eigenvalue weighted by molar-refractivity contribution is 5.89. The molecule has 0 radical (unpaired) electrons. The molecule has 0 unspecified atom stereocenters. The Kier molecular flexibility index (Phi) is 4.81. The van der Waals surface area contributed by atoms with E-state index in [0.29, 0.717) is 17.2 Å². The van der Waals surface area contributed by atoms with Crippen LogP contribution in [0, 0.1) is 6.92 Å². The molecule has 1 aromatic carbocycles. The summed E-state index contributed by atoms with van der Waals surface area (Å²) in [7, 11) is 1.35. The summed E-state index contributed by atoms with van der Waals surface area (Å²) in [5.41, 5.74) is 2.67. The van der Waals surface area contributed by atoms with Crippen LogP contribution in [0.2, 0.25) is 0 Å². The van der Waals surface area contributed by atoms with E-state index in [2.05, 4.69) is 15.3 Å². The van der Waals surface area contributed by atoms with Crippen LogP contribution in [0.15, 0.2) is 41.2 Å². The third-order valence-electron chi connectivity index (χ3n) is 5.23. The third-order valence-corrected chi connectivity index (χ3v) is 5.23. The SMILES string of the molecule is COC(=O)c1ccc(Nc2nc(C)c3ccc(=O)n(C4CCCC4)c3n2)cc1. The number of anilines is 2. The second kappa shape index (κ2) is 7.42. The van der Waals surface area contributed by atoms with Gasteiger partial charge in [-0.2, -0.15) is 4.98 Å². The Morgan fingerprint density at radius 3 is 2.50 bits per heavy atom. The molecule has 7 nitrogen and oxygen atoms in total. The highest BCUT2D eigenvalue weighted by Gasteiger charge is 2.21. The largest absolute Gasteiger partial charge is 0.465 e. The fourth-order valence-electron chi connectivity index (χ4n) is 3.79. The van der Waals surface area contributed by atoms with Gasteiger partial charge < -0.3 is 10.1 Å². The zero-order valence-corrected chi connectivity index (χ0v) is 15.9. The van der Waals surface area contributed by atoms with E-state index in [1.54, 1.807) is 36.4 Å². The summed E-state index contributed by atoms with van der Waals surface area (Å²) in [4.78, 5) is 33.3. The van der Waals surface area contributed by atoms with E-state index in [9.17, 15) is 9.59 Å². The van der Waals surface area contributed by atoms with Crippen LogP contribution in [-0.4, -0.2) is 27.6 Å². The minimum atomic E-state index is -0.384. The van der Waals surface area contributed by atoms with Crippen molar-refractivity contribution in [3.63, 3.8) is 0 Å². The first-order valence-corrected chi connectivity index (χ1v) is 9.42. The van der Waals surface area contributed by atoms with Crippen molar-refractivity contribution in [3.05, 3.63) is 58.0 Å². The van der Waals surface area contributed by atoms with E-state index in [4.69, 9.17) is 4.74 Å². The average molecular weight is 378 g/mol. The van der Waals surface area contributed by atoms with Crippen LogP contribution in [0.4, 0.5) is 11.6 Å². The summed E-state index contributed by atoms with van der Waals surface area (Å²) in [6.07, 6.45) is 4.27. The Morgan fingerprint density at radius 2 is 1.82 bits per heavy atom. The molecule has 7 heteroatoms. The summed E-state index contributed by atoms with van der Waals surface area (Å²) < 4.78 is 6.54. The first kappa shape index (κ1) is 18.2. The predicted octanol–water partition coefficient (Wildman–Crippen LogP) is 3.75. The molecule has 0 atom stereocenters. The average Bonchev–Trinajstić information content (AvgIpc) is 3.22. The molecule has 1 aliphatic rings. The molecule has 1 saturated carbocycles. The number of esters is 1. The maximum atomic E-state index is 12.6. The minimum Gasteiger partial charge on any atom is -0.465 e. The molecule has 0 spiro atoms. The summed E-state index contributed by atoms with van der Waals surface area (Å²) >= 11 is 0. The molecule has 3 aromatic rings. The van der Waals surface area contributed by atoms with Gasteiger partial charge in [0.1, 0.15) is 5.65 Å². The van der Waals surface area contributed by atoms with Crippen molar-refractivity contribution in [3.8, 4) is 0 Å². The molecule has 1 aliphatic carbocycles. The van der Waals surface area contributed by atoms with Gasteiger partial charge in [0.2, 0.25) is 5.95 Å². The number of nitrogens with one attached hydrogen (secondary N) is 1. The molecule has 1 N–H and O–H groups in total. The number of benzene rings is 1. The second-order valence-electron chi connectivity index (χ2n) is 7.04. The van der Waals surface area contributed by atoms with Gasteiger partial charge in [-0.15, -0.1) is 0 Å². The fraction of sp³-hybridized carbons (Fsp3) is 0.333. The molecule has 28 heavy (non-hydrogen) atoms. The molecular weight excluding hydrogens is 356 g/mol. The molecule has 0 bridgehead atoms. The number of aryl methyl sites for hydroxylation is 1. The zero-order chi connectivity index (χ0) is 19.7. The highest BCUT2D eigenvalue weighted by Crippen LogP contribution is 2.31. The molecule has 0 aliphatic heterocycles. The molecule has 2 heterocycles. The summed E-state index contributed by atoms with van der Waals surface area (Å²) in [5, 5.41) is 4.06. The van der Waals surface area contributed by atoms with Crippen molar-refractivity contribution in [1.29, 1.82) is 0 Å². The lowest BCUT2D eigenvalue weighted by atomic mass is 10.2. The van der Waals surface area contributed by atoms with Crippen molar-refractivity contribution < 1.29 is 9.53 Å². The minimum absolute atomic E-state index is 0.0223. The Morgan fingerprint density at radius 1 is 1.11 bits per heavy atom. The van der Waals surface area contributed by atoms with E-state index in [1.807, 2.05) is 11.5 Å². The standard InChI is InChI=1S/C21H22N4O3/c1-13-17-11-12-18(26)25(16-5-3-4-6-16)19(17)24-21(22-13)23-15-9-7-14(8-10-15)20(27)28-2/h7-12,16H,3-6H2,1-2H3,(H,22,23,24). The van der Waals surface area contributed by atoms with E-state index in [-0.39, 0.29) is 17.6 Å². The number of pyridine rings is 1. The molecule has 4 rings (SSSR count). The van der Waals surface area contributed by atoms with Crippen LogP contribution in [0.5, 0.6) is 0 Å². The maximum Gasteiger partial charge on any atom is 0.337 e. The number of fused-ring (bicyclic) bond motifs is 1. The van der Waals surface area contributed by atoms with Gasteiger partial charge in [-0.3, -0.25) is 9.36 Å². The number of rotatable bonds is 4. The van der Waals surface area contributed by atoms with Crippen molar-refractivity contribution in [2.24, 2.45) is 0 Å². The first-order chi connectivity index (χ1) is 13.6. The highest BCUT2D eigenvalue weighted by atomic mass is 16.5. The zero-order valence-electron chi connectivity index (χ0n) is 15.9. The quantitative estimate of drug-likeness (QED) is 0.696. The number of carbonyl (C=O) groups is 1. The van der Waals surface area contributed by atoms with Crippen molar-refractivity contribution in [1.82, 2.24) is 14.5 Å². The Bertz CT molecular complexity index is 1080. The van der Waals surface area contributed by atoms with Crippen LogP contribution in [0.3, 0.4) is 0 Å².